The van der Waals surface area contributed by atoms with E-state index in [1.54, 1.807) is 0 Å². The van der Waals surface area contributed by atoms with E-state index in [0.717, 1.165) is 65.0 Å². The molecular weight excluding hydrogens is 679 g/mol. The summed E-state index contributed by atoms with van der Waals surface area (Å²) < 4.78 is 29.4. The first-order chi connectivity index (χ1) is 26.2. The van der Waals surface area contributed by atoms with E-state index in [0.29, 0.717) is 27.5 Å². The van der Waals surface area contributed by atoms with Gasteiger partial charge >= 0.3 is 0 Å². The minimum absolute atomic E-state index is 0.175. The van der Waals surface area contributed by atoms with Gasteiger partial charge in [0.15, 0.2) is 0 Å². The molecule has 2 saturated carbocycles. The Labute approximate surface area is 319 Å². The van der Waals surface area contributed by atoms with Crippen LogP contribution in [-0.4, -0.2) is 8.42 Å². The molecule has 1 unspecified atom stereocenters. The van der Waals surface area contributed by atoms with Gasteiger partial charge in [-0.1, -0.05) is 123 Å². The van der Waals surface area contributed by atoms with Gasteiger partial charge in [-0.3, -0.25) is 0 Å². The van der Waals surface area contributed by atoms with Gasteiger partial charge in [0, 0.05) is 27.8 Å². The van der Waals surface area contributed by atoms with E-state index in [2.05, 4.69) is 147 Å². The molecule has 1 heterocycles. The maximum absolute atomic E-state index is 14.7. The van der Waals surface area contributed by atoms with Crippen molar-refractivity contribution >= 4 is 26.9 Å². The van der Waals surface area contributed by atoms with Crippen LogP contribution in [0.1, 0.15) is 68.2 Å². The zero-order valence-corrected chi connectivity index (χ0v) is 31.8. The molecule has 6 aromatic rings. The van der Waals surface area contributed by atoms with Crippen molar-refractivity contribution in [1.29, 1.82) is 0 Å². The van der Waals surface area contributed by atoms with Crippen LogP contribution >= 0.6 is 0 Å². The molecule has 0 radical (unpaired) electrons. The maximum atomic E-state index is 14.7. The molecule has 4 atom stereocenters. The summed E-state index contributed by atoms with van der Waals surface area (Å²) in [6, 6.07) is 49.1. The van der Waals surface area contributed by atoms with Crippen molar-refractivity contribution in [3.8, 4) is 22.3 Å². The van der Waals surface area contributed by atoms with Crippen LogP contribution in [0.15, 0.2) is 162 Å². The van der Waals surface area contributed by atoms with E-state index in [1.165, 1.54) is 28.7 Å². The summed E-state index contributed by atoms with van der Waals surface area (Å²) >= 11 is 0. The minimum Gasteiger partial charge on any atom is -0.310 e. The lowest BCUT2D eigenvalue weighted by Gasteiger charge is -2.57. The fourth-order valence-electron chi connectivity index (χ4n) is 11.2. The van der Waals surface area contributed by atoms with Gasteiger partial charge in [0.05, 0.1) is 15.5 Å². The lowest BCUT2D eigenvalue weighted by molar-refractivity contribution is 0.0569. The molecular formula is C50H45NO2S. The summed E-state index contributed by atoms with van der Waals surface area (Å²) in [5.74, 6) is 1.09. The number of allylic oxidation sites excluding steroid dienone is 1. The average molecular weight is 724 g/mol. The molecule has 2 fully saturated rings. The topological polar surface area (TPSA) is 37.4 Å². The number of nitrogens with zero attached hydrogens (tertiary/aromatic N) is 1. The predicted octanol–water partition coefficient (Wildman–Crippen LogP) is 12.6. The third-order valence-corrected chi connectivity index (χ3v) is 15.4. The van der Waals surface area contributed by atoms with E-state index in [-0.39, 0.29) is 5.41 Å². The summed E-state index contributed by atoms with van der Waals surface area (Å²) in [4.78, 5) is 3.35. The van der Waals surface area contributed by atoms with E-state index in [4.69, 9.17) is 0 Å². The number of hydrogen-bond donors (Lipinski definition) is 0. The molecule has 2 bridgehead atoms. The van der Waals surface area contributed by atoms with Gasteiger partial charge in [-0.05, 0) is 125 Å². The molecule has 0 saturated heterocycles. The minimum atomic E-state index is -3.74. The van der Waals surface area contributed by atoms with Crippen molar-refractivity contribution in [2.24, 2.45) is 17.8 Å². The van der Waals surface area contributed by atoms with Crippen LogP contribution in [0.2, 0.25) is 0 Å². The first kappa shape index (κ1) is 33.4. The molecule has 3 nitrogen and oxygen atoms in total. The summed E-state index contributed by atoms with van der Waals surface area (Å²) in [7, 11) is -3.74. The molecule has 268 valence electrons. The Morgan fingerprint density at radius 2 is 1.19 bits per heavy atom. The number of rotatable bonds is 5. The second-order valence-corrected chi connectivity index (χ2v) is 18.3. The molecule has 54 heavy (non-hydrogen) atoms. The Morgan fingerprint density at radius 1 is 0.611 bits per heavy atom. The van der Waals surface area contributed by atoms with E-state index in [1.807, 2.05) is 24.3 Å². The molecule has 0 N–H and O–H groups in total. The van der Waals surface area contributed by atoms with Crippen LogP contribution in [0.4, 0.5) is 17.1 Å². The van der Waals surface area contributed by atoms with Gasteiger partial charge in [-0.15, -0.1) is 6.58 Å². The molecule has 4 heteroatoms. The largest absolute Gasteiger partial charge is 0.310 e. The van der Waals surface area contributed by atoms with Crippen LogP contribution < -0.4 is 4.90 Å². The predicted molar refractivity (Wildman–Crippen MR) is 221 cm³/mol. The molecule has 4 aliphatic rings. The van der Waals surface area contributed by atoms with Crippen molar-refractivity contribution in [1.82, 2.24) is 0 Å². The second-order valence-electron chi connectivity index (χ2n) is 16.5. The highest BCUT2D eigenvalue weighted by atomic mass is 32.2. The van der Waals surface area contributed by atoms with Gasteiger partial charge < -0.3 is 4.90 Å². The second kappa shape index (κ2) is 12.2. The Balaban J connectivity index is 1.25. The highest BCUT2D eigenvalue weighted by molar-refractivity contribution is 7.91. The van der Waals surface area contributed by atoms with Crippen LogP contribution in [0.3, 0.4) is 0 Å². The summed E-state index contributed by atoms with van der Waals surface area (Å²) in [5, 5.41) is 0. The Hall–Kier alpha value is -5.19. The molecule has 1 aliphatic heterocycles. The van der Waals surface area contributed by atoms with Gasteiger partial charge in [-0.2, -0.15) is 0 Å². The van der Waals surface area contributed by atoms with Gasteiger partial charge in [-0.25, -0.2) is 8.42 Å². The quantitative estimate of drug-likeness (QED) is 0.166. The highest BCUT2D eigenvalue weighted by Crippen LogP contribution is 2.64. The van der Waals surface area contributed by atoms with Crippen LogP contribution in [-0.2, 0) is 20.7 Å². The van der Waals surface area contributed by atoms with Crippen molar-refractivity contribution in [2.45, 2.75) is 66.6 Å². The van der Waals surface area contributed by atoms with Gasteiger partial charge in [0.2, 0.25) is 9.84 Å². The third kappa shape index (κ3) is 4.62. The monoisotopic (exact) mass is 723 g/mol. The number of sulfone groups is 1. The number of fused-ring (bicyclic) bond motifs is 5. The molecule has 3 aliphatic carbocycles. The first-order valence-corrected chi connectivity index (χ1v) is 21.0. The Bertz CT molecular complexity index is 2570. The first-order valence-electron chi connectivity index (χ1n) is 19.5. The SMILES string of the molecule is C=C[C@@H]1C[C@H]2CCC[C@@H](C1)C21c2ccccc2S(=O)(=O)c2ccc(N(c3ccc4c(c3)C(C)(C)c3ccccc3-4)c3ccccc3-c3ccccc3)cc21. The number of para-hydroxylation sites is 1. The van der Waals surface area contributed by atoms with Crippen LogP contribution in [0.25, 0.3) is 22.3 Å². The van der Waals surface area contributed by atoms with Gasteiger partial charge in [0.1, 0.15) is 0 Å². The fraction of sp³-hybridized carbons (Fsp3) is 0.240. The highest BCUT2D eigenvalue weighted by Gasteiger charge is 2.58. The average Bonchev–Trinajstić information content (AvgIpc) is 3.43. The lowest BCUT2D eigenvalue weighted by atomic mass is 9.47. The van der Waals surface area contributed by atoms with Crippen molar-refractivity contribution in [3.63, 3.8) is 0 Å². The zero-order chi connectivity index (χ0) is 36.8. The smallest absolute Gasteiger partial charge is 0.207 e. The third-order valence-electron chi connectivity index (χ3n) is 13.5. The number of anilines is 3. The lowest BCUT2D eigenvalue weighted by Crippen LogP contribution is -2.53. The Morgan fingerprint density at radius 3 is 1.93 bits per heavy atom. The molecule has 1 spiro atoms. The summed E-state index contributed by atoms with van der Waals surface area (Å²) in [6.45, 7) is 8.89. The molecule has 0 amide bonds. The van der Waals surface area contributed by atoms with Crippen molar-refractivity contribution in [3.05, 3.63) is 174 Å². The normalized spacial score (nSPS) is 23.8. The zero-order valence-electron chi connectivity index (χ0n) is 31.0. The number of benzene rings is 6. The summed E-state index contributed by atoms with van der Waals surface area (Å²) in [6.07, 6.45) is 7.55. The fourth-order valence-corrected chi connectivity index (χ4v) is 13.0. The van der Waals surface area contributed by atoms with Crippen LogP contribution in [0, 0.1) is 17.8 Å². The molecule has 0 aromatic heterocycles. The van der Waals surface area contributed by atoms with Crippen molar-refractivity contribution < 1.29 is 8.42 Å². The van der Waals surface area contributed by atoms with E-state index in [9.17, 15) is 8.42 Å². The number of hydrogen-bond acceptors (Lipinski definition) is 3. The molecule has 10 rings (SSSR count). The Kier molecular flexibility index (Phi) is 7.52. The standard InChI is InChI=1S/C50H45NO2S/c1-4-33-29-35-17-14-18-36(30-33)50(35)43-22-11-13-24-47(43)54(52,53)48-28-26-38(32-45(48)50)51(46-23-12-9-19-39(46)34-15-6-5-7-16-34)37-25-27-41-40-20-8-10-21-42(40)49(2,3)44(41)31-37/h4-13,15-16,19-28,31-33,35-36H,1,14,17-18,29-30H2,2-3H3/t33-,35-,36+,50?. The summed E-state index contributed by atoms with van der Waals surface area (Å²) in [5.41, 5.74) is 12.0. The van der Waals surface area contributed by atoms with E-state index >= 15 is 0 Å². The van der Waals surface area contributed by atoms with Crippen molar-refractivity contribution in [2.75, 3.05) is 4.90 Å². The maximum Gasteiger partial charge on any atom is 0.207 e. The molecule has 6 aromatic carbocycles. The van der Waals surface area contributed by atoms with Gasteiger partial charge in [0.25, 0.3) is 0 Å². The van der Waals surface area contributed by atoms with Crippen LogP contribution in [0.5, 0.6) is 0 Å². The van der Waals surface area contributed by atoms with E-state index < -0.39 is 15.3 Å².